The first-order valence-electron chi connectivity index (χ1n) is 34.5. The van der Waals surface area contributed by atoms with Crippen LogP contribution in [0.2, 0.25) is 109 Å². The number of H-pyrrole nitrogens is 1. The fourth-order valence-electron chi connectivity index (χ4n) is 10.4. The summed E-state index contributed by atoms with van der Waals surface area (Å²) in [6, 6.07) is 16.2. The normalized spacial score (nSPS) is 21.5. The number of aromatic nitrogens is 6. The summed E-state index contributed by atoms with van der Waals surface area (Å²) in [4.78, 5) is 45.3. The minimum absolute atomic E-state index is 0.0100. The van der Waals surface area contributed by atoms with Gasteiger partial charge in [0.15, 0.2) is 79.3 Å². The Bertz CT molecular complexity index is 4170. The Labute approximate surface area is 584 Å². The maximum Gasteiger partial charge on any atom is 0.351 e. The molecule has 0 aliphatic carbocycles. The van der Waals surface area contributed by atoms with Crippen LogP contribution in [0.4, 0.5) is 11.8 Å². The molecule has 24 heteroatoms. The third kappa shape index (κ3) is 16.2. The summed E-state index contributed by atoms with van der Waals surface area (Å²) in [5.41, 5.74) is 14.0. The maximum absolute atomic E-state index is 14.5. The Balaban J connectivity index is 1.26. The summed E-state index contributed by atoms with van der Waals surface area (Å²) >= 11 is 0. The van der Waals surface area contributed by atoms with Gasteiger partial charge in [-0.3, -0.25) is 18.9 Å². The molecule has 0 amide bonds. The van der Waals surface area contributed by atoms with Crippen LogP contribution >= 0.6 is 0 Å². The van der Waals surface area contributed by atoms with Gasteiger partial charge in [-0.2, -0.15) is 9.97 Å². The number of ether oxygens (including phenoxy) is 2. The fraction of sp³-hybridized carbons (Fsp3) is 0.630. The molecule has 0 bridgehead atoms. The molecule has 0 radical (unpaired) electrons. The van der Waals surface area contributed by atoms with Gasteiger partial charge >= 0.3 is 5.69 Å². The van der Waals surface area contributed by atoms with Crippen LogP contribution in [0.5, 0.6) is 0 Å². The Kier molecular flexibility index (Phi) is 21.5. The van der Waals surface area contributed by atoms with Crippen molar-refractivity contribution in [3.05, 3.63) is 98.1 Å². The molecule has 8 atom stereocenters. The molecule has 0 saturated carbocycles. The second-order valence-electron chi connectivity index (χ2n) is 36.2. The number of benzene rings is 3. The Morgan fingerprint density at radius 3 is 1.29 bits per heavy atom. The third-order valence-corrected chi connectivity index (χ3v) is 49.8. The highest BCUT2D eigenvalue weighted by Gasteiger charge is 2.58. The zero-order valence-electron chi connectivity index (χ0n) is 64.2. The first kappa shape index (κ1) is 77.8. The second kappa shape index (κ2) is 26.8. The zero-order chi connectivity index (χ0) is 72.9. The van der Waals surface area contributed by atoms with E-state index in [0.717, 1.165) is 21.5 Å². The number of rotatable bonds is 16. The van der Waals surface area contributed by atoms with Crippen LogP contribution in [0.15, 0.2) is 64.3 Å². The monoisotopic (exact) mass is 1430 g/mol. The van der Waals surface area contributed by atoms with Gasteiger partial charge < -0.3 is 47.5 Å². The predicted octanol–water partition coefficient (Wildman–Crippen LogP) is 16.3. The molecular formula is C73H116N8O10Si6. The summed E-state index contributed by atoms with van der Waals surface area (Å²) in [6.45, 7) is 67.2. The first-order valence-corrected chi connectivity index (χ1v) is 51.9. The molecule has 2 saturated heterocycles. The molecule has 0 spiro atoms. The van der Waals surface area contributed by atoms with Crippen molar-refractivity contribution in [1.82, 2.24) is 29.1 Å². The number of fused-ring (bicyclic) bond motifs is 3. The van der Waals surface area contributed by atoms with E-state index in [-0.39, 0.29) is 72.2 Å². The SMILES string of the molecule is CC(C)(C)[Si](C)(C)OC[C@H]1O[C@@H](n2cc(C#Cc3cccc4cc5cccc(C#Cc6nc7c(=O)[nH]c(N)nc7n6[C@@H]6O[C@H](CO[Si](C)(C)C(C)(C)C)[C@@H](O[Si](C)(C)C(C)(C)C)[C@H]6O[Si](C)(C)C(C)(C)C)c5cc34)c(N)nc2=O)[C@H](O[Si](C)(C)C(C)(C)C)[C@@H]1O[Si](C)(C)C(C)(C)C. The maximum atomic E-state index is 14.5. The molecule has 2 aliphatic rings. The lowest BCUT2D eigenvalue weighted by Gasteiger charge is -2.44. The highest BCUT2D eigenvalue weighted by molar-refractivity contribution is 6.76. The molecule has 532 valence electrons. The van der Waals surface area contributed by atoms with Gasteiger partial charge in [0, 0.05) is 17.3 Å². The molecule has 2 fully saturated rings. The van der Waals surface area contributed by atoms with Crippen molar-refractivity contribution in [2.24, 2.45) is 0 Å². The molecule has 8 rings (SSSR count). The van der Waals surface area contributed by atoms with Crippen LogP contribution in [0.1, 0.15) is 160 Å². The minimum Gasteiger partial charge on any atom is -0.414 e. The summed E-state index contributed by atoms with van der Waals surface area (Å²) in [6.07, 6.45) is -3.94. The van der Waals surface area contributed by atoms with Gasteiger partial charge in [-0.05, 0) is 161 Å². The molecule has 3 aromatic carbocycles. The van der Waals surface area contributed by atoms with Gasteiger partial charge in [-0.1, -0.05) is 167 Å². The number of aromatic amines is 1. The standard InChI is InChI=1S/C73H116N8O10Si6/c1-68(2,3)92(19,20)84-44-53-57(88-94(23,24)70(7,8)9)59(90-96(27,28)72(13,14)15)64(86-53)80-43-50(61(74)77-67(80)83)38-37-46-33-31-35-48-41-49-36-32-34-47(52(49)42-51(46)48)39-40-55-76-56-62(78-66(75)79-63(56)82)81(55)65-60(91-97(29,30)73(16,17)18)58(89-95(25,26)71(10,11)12)54(87-65)45-85-93(21,22)69(4,5)6/h31-36,41-43,53-54,57-60,64-65H,44-45H2,1-30H3,(H2,74,77,83)(H3,75,78,79,82)/t53-,54-,57-,58-,59-,60-,64-,65-/m1/s1. The Morgan fingerprint density at radius 2 is 0.866 bits per heavy atom. The van der Waals surface area contributed by atoms with Gasteiger partial charge in [0.1, 0.15) is 42.4 Å². The van der Waals surface area contributed by atoms with E-state index in [0.29, 0.717) is 16.7 Å². The molecule has 5 heterocycles. The van der Waals surface area contributed by atoms with E-state index in [1.807, 2.05) is 24.3 Å². The van der Waals surface area contributed by atoms with Crippen molar-refractivity contribution >= 4 is 94.4 Å². The van der Waals surface area contributed by atoms with Crippen molar-refractivity contribution < 1.29 is 36.0 Å². The van der Waals surface area contributed by atoms with E-state index < -0.39 is 110 Å². The minimum atomic E-state index is -2.63. The third-order valence-electron chi connectivity index (χ3n) is 22.9. The van der Waals surface area contributed by atoms with E-state index in [9.17, 15) is 9.59 Å². The largest absolute Gasteiger partial charge is 0.414 e. The van der Waals surface area contributed by atoms with Crippen LogP contribution in [0, 0.1) is 23.7 Å². The topological polar surface area (TPSA) is 224 Å². The van der Waals surface area contributed by atoms with Gasteiger partial charge in [-0.15, -0.1) is 0 Å². The second-order valence-corrected chi connectivity index (χ2v) is 64.9. The first-order chi connectivity index (χ1) is 44.0. The number of nitrogens with one attached hydrogen (secondary N) is 1. The van der Waals surface area contributed by atoms with Crippen molar-refractivity contribution in [3.63, 3.8) is 0 Å². The quantitative estimate of drug-likeness (QED) is 0.0465. The van der Waals surface area contributed by atoms with Crippen LogP contribution in [0.25, 0.3) is 32.7 Å². The molecule has 2 aliphatic heterocycles. The molecule has 6 aromatic rings. The lowest BCUT2D eigenvalue weighted by Crippen LogP contribution is -2.54. The summed E-state index contributed by atoms with van der Waals surface area (Å²) in [7, 11) is -14.9. The summed E-state index contributed by atoms with van der Waals surface area (Å²) < 4.78 is 61.7. The number of hydrogen-bond donors (Lipinski definition) is 3. The number of nitrogens with zero attached hydrogens (tertiary/aromatic N) is 5. The van der Waals surface area contributed by atoms with E-state index >= 15 is 0 Å². The van der Waals surface area contributed by atoms with Gasteiger partial charge in [0.2, 0.25) is 5.95 Å². The lowest BCUT2D eigenvalue weighted by atomic mass is 9.97. The Morgan fingerprint density at radius 1 is 0.485 bits per heavy atom. The average molecular weight is 1430 g/mol. The smallest absolute Gasteiger partial charge is 0.351 e. The Hall–Kier alpha value is -4.89. The van der Waals surface area contributed by atoms with E-state index in [1.165, 1.54) is 4.57 Å². The zero-order valence-corrected chi connectivity index (χ0v) is 70.2. The van der Waals surface area contributed by atoms with Crippen LogP contribution < -0.4 is 22.7 Å². The van der Waals surface area contributed by atoms with Crippen molar-refractivity contribution in [3.8, 4) is 23.7 Å². The number of hydrogen-bond acceptors (Lipinski definition) is 15. The van der Waals surface area contributed by atoms with E-state index in [1.54, 1.807) is 10.8 Å². The van der Waals surface area contributed by atoms with Crippen molar-refractivity contribution in [2.75, 3.05) is 24.7 Å². The van der Waals surface area contributed by atoms with E-state index in [2.05, 4.69) is 261 Å². The fourth-order valence-corrected chi connectivity index (χ4v) is 17.6. The number of anilines is 2. The van der Waals surface area contributed by atoms with Crippen molar-refractivity contribution in [2.45, 2.75) is 283 Å². The van der Waals surface area contributed by atoms with Crippen LogP contribution in [0.3, 0.4) is 0 Å². The highest BCUT2D eigenvalue weighted by Crippen LogP contribution is 2.50. The average Bonchev–Trinajstić information content (AvgIpc) is 1.60. The molecular weight excluding hydrogens is 1320 g/mol. The summed E-state index contributed by atoms with van der Waals surface area (Å²) in [5.74, 6) is 13.8. The molecule has 0 unspecified atom stereocenters. The number of imidazole rings is 1. The number of nitrogen functional groups attached to an aromatic ring is 2. The van der Waals surface area contributed by atoms with Crippen molar-refractivity contribution in [1.29, 1.82) is 0 Å². The predicted molar refractivity (Wildman–Crippen MR) is 411 cm³/mol. The summed E-state index contributed by atoms with van der Waals surface area (Å²) in [5, 5.41) is 2.75. The van der Waals surface area contributed by atoms with Crippen LogP contribution in [-0.4, -0.2) is 129 Å². The van der Waals surface area contributed by atoms with E-state index in [4.69, 9.17) is 57.5 Å². The molecule has 97 heavy (non-hydrogen) atoms. The molecule has 3 aromatic heterocycles. The highest BCUT2D eigenvalue weighted by atomic mass is 28.4. The van der Waals surface area contributed by atoms with Gasteiger partial charge in [0.05, 0.1) is 18.8 Å². The van der Waals surface area contributed by atoms with Gasteiger partial charge in [-0.25, -0.2) is 9.78 Å². The number of nitrogens with two attached hydrogens (primary N) is 2. The van der Waals surface area contributed by atoms with Gasteiger partial charge in [0.25, 0.3) is 5.56 Å². The lowest BCUT2D eigenvalue weighted by molar-refractivity contribution is -0.0509. The molecule has 5 N–H and O–H groups in total. The molecule has 18 nitrogen and oxygen atoms in total. The van der Waals surface area contributed by atoms with Crippen LogP contribution in [-0.2, 0) is 36.0 Å².